The molecule has 1 saturated heterocycles. The predicted molar refractivity (Wildman–Crippen MR) is 69.7 cm³/mol. The Kier molecular flexibility index (Phi) is 4.31. The summed E-state index contributed by atoms with van der Waals surface area (Å²) in [6.07, 6.45) is 2.98. The number of aromatic nitrogens is 1. The number of pyridine rings is 1. The van der Waals surface area contributed by atoms with Crippen molar-refractivity contribution in [2.24, 2.45) is 0 Å². The van der Waals surface area contributed by atoms with Crippen LogP contribution in [0.1, 0.15) is 23.2 Å². The number of halogens is 1. The molecule has 19 heavy (non-hydrogen) atoms. The van der Waals surface area contributed by atoms with E-state index in [-0.39, 0.29) is 17.6 Å². The molecule has 5 nitrogen and oxygen atoms in total. The van der Waals surface area contributed by atoms with Crippen molar-refractivity contribution in [2.45, 2.75) is 18.9 Å². The largest absolute Gasteiger partial charge is 0.380 e. The number of carbonyl (C=O) groups is 1. The summed E-state index contributed by atoms with van der Waals surface area (Å²) in [6, 6.07) is 1.22. The third-order valence-corrected chi connectivity index (χ3v) is 3.32. The van der Waals surface area contributed by atoms with Gasteiger partial charge >= 0.3 is 0 Å². The molecule has 0 aliphatic carbocycles. The van der Waals surface area contributed by atoms with Gasteiger partial charge in [0.2, 0.25) is 0 Å². The van der Waals surface area contributed by atoms with Crippen LogP contribution in [0.15, 0.2) is 12.3 Å². The van der Waals surface area contributed by atoms with Crippen molar-refractivity contribution in [2.75, 3.05) is 32.6 Å². The van der Waals surface area contributed by atoms with Crippen molar-refractivity contribution in [1.82, 2.24) is 9.88 Å². The van der Waals surface area contributed by atoms with E-state index in [2.05, 4.69) is 10.3 Å². The molecular formula is C13H18FN3O2. The fraction of sp³-hybridized carbons (Fsp3) is 0.538. The lowest BCUT2D eigenvalue weighted by Crippen LogP contribution is -2.43. The van der Waals surface area contributed by atoms with Crippen molar-refractivity contribution in [3.8, 4) is 0 Å². The Bertz CT molecular complexity index is 467. The molecule has 104 valence electrons. The highest BCUT2D eigenvalue weighted by atomic mass is 19.1. The minimum absolute atomic E-state index is 0.0530. The number of nitrogens with zero attached hydrogens (tertiary/aromatic N) is 2. The standard InChI is InChI=1S/C13H18FN3O2/c1-15-12-11(6-9(14)7-16-12)13(18)17-5-3-4-10(8-17)19-2/h6-7,10H,3-5,8H2,1-2H3,(H,15,16). The summed E-state index contributed by atoms with van der Waals surface area (Å²) < 4.78 is 18.6. The molecule has 1 fully saturated rings. The van der Waals surface area contributed by atoms with Gasteiger partial charge < -0.3 is 15.0 Å². The molecule has 2 rings (SSSR count). The fourth-order valence-electron chi connectivity index (χ4n) is 2.29. The number of nitrogens with one attached hydrogen (secondary N) is 1. The van der Waals surface area contributed by atoms with Crippen LogP contribution < -0.4 is 5.32 Å². The van der Waals surface area contributed by atoms with Crippen molar-refractivity contribution >= 4 is 11.7 Å². The van der Waals surface area contributed by atoms with Crippen molar-refractivity contribution in [1.29, 1.82) is 0 Å². The number of ether oxygens (including phenoxy) is 1. The minimum atomic E-state index is -0.511. The zero-order chi connectivity index (χ0) is 13.8. The van der Waals surface area contributed by atoms with Crippen molar-refractivity contribution in [3.05, 3.63) is 23.6 Å². The Morgan fingerprint density at radius 3 is 3.11 bits per heavy atom. The maximum Gasteiger partial charge on any atom is 0.257 e. The molecule has 6 heteroatoms. The normalized spacial score (nSPS) is 19.3. The quantitative estimate of drug-likeness (QED) is 0.902. The highest BCUT2D eigenvalue weighted by Crippen LogP contribution is 2.19. The van der Waals surface area contributed by atoms with Gasteiger partial charge in [-0.15, -0.1) is 0 Å². The van der Waals surface area contributed by atoms with Crippen LogP contribution >= 0.6 is 0 Å². The van der Waals surface area contributed by atoms with Gasteiger partial charge in [-0.2, -0.15) is 0 Å². The number of hydrogen-bond donors (Lipinski definition) is 1. The lowest BCUT2D eigenvalue weighted by Gasteiger charge is -2.32. The van der Waals surface area contributed by atoms with Gasteiger partial charge in [-0.05, 0) is 18.9 Å². The summed E-state index contributed by atoms with van der Waals surface area (Å²) in [5, 5.41) is 2.81. The molecule has 1 aromatic rings. The summed E-state index contributed by atoms with van der Waals surface area (Å²) in [7, 11) is 3.30. The van der Waals surface area contributed by atoms with Crippen LogP contribution in [-0.2, 0) is 4.74 Å². The maximum atomic E-state index is 13.3. The Hall–Kier alpha value is -1.69. The Balaban J connectivity index is 2.21. The van der Waals surface area contributed by atoms with Gasteiger partial charge in [-0.25, -0.2) is 9.37 Å². The van der Waals surface area contributed by atoms with Crippen LogP contribution in [0.5, 0.6) is 0 Å². The summed E-state index contributed by atoms with van der Waals surface area (Å²) in [6.45, 7) is 1.20. The minimum Gasteiger partial charge on any atom is -0.380 e. The van der Waals surface area contributed by atoms with E-state index in [4.69, 9.17) is 4.74 Å². The number of hydrogen-bond acceptors (Lipinski definition) is 4. The molecule has 1 aliphatic rings. The van der Waals surface area contributed by atoms with Crippen LogP contribution in [0, 0.1) is 5.82 Å². The first kappa shape index (κ1) is 13.7. The molecule has 1 atom stereocenters. The number of amides is 1. The molecule has 0 saturated carbocycles. The van der Waals surface area contributed by atoms with Gasteiger partial charge in [-0.3, -0.25) is 4.79 Å². The first-order valence-electron chi connectivity index (χ1n) is 6.31. The van der Waals surface area contributed by atoms with Crippen LogP contribution in [0.2, 0.25) is 0 Å². The smallest absolute Gasteiger partial charge is 0.257 e. The van der Waals surface area contributed by atoms with Gasteiger partial charge in [0.15, 0.2) is 0 Å². The summed E-state index contributed by atoms with van der Waals surface area (Å²) in [4.78, 5) is 18.0. The number of rotatable bonds is 3. The zero-order valence-corrected chi connectivity index (χ0v) is 11.1. The number of carbonyl (C=O) groups excluding carboxylic acids is 1. The molecule has 0 spiro atoms. The second kappa shape index (κ2) is 5.97. The lowest BCUT2D eigenvalue weighted by atomic mass is 10.1. The van der Waals surface area contributed by atoms with E-state index >= 15 is 0 Å². The summed E-state index contributed by atoms with van der Waals surface area (Å²) in [5.74, 6) is -0.327. The van der Waals surface area contributed by atoms with E-state index in [0.29, 0.717) is 18.9 Å². The van der Waals surface area contributed by atoms with Crippen LogP contribution in [0.4, 0.5) is 10.2 Å². The fourth-order valence-corrected chi connectivity index (χ4v) is 2.29. The first-order chi connectivity index (χ1) is 9.15. The Labute approximate surface area is 111 Å². The van der Waals surface area contributed by atoms with Crippen LogP contribution in [0.3, 0.4) is 0 Å². The summed E-state index contributed by atoms with van der Waals surface area (Å²) in [5.41, 5.74) is 0.263. The molecular weight excluding hydrogens is 249 g/mol. The van der Waals surface area contributed by atoms with E-state index in [9.17, 15) is 9.18 Å². The predicted octanol–water partition coefficient (Wildman–Crippen LogP) is 1.51. The Morgan fingerprint density at radius 2 is 2.42 bits per heavy atom. The van der Waals surface area contributed by atoms with Crippen molar-refractivity contribution in [3.63, 3.8) is 0 Å². The molecule has 1 unspecified atom stereocenters. The first-order valence-corrected chi connectivity index (χ1v) is 6.31. The molecule has 1 aromatic heterocycles. The van der Waals surface area contributed by atoms with Crippen molar-refractivity contribution < 1.29 is 13.9 Å². The molecule has 1 amide bonds. The van der Waals surface area contributed by atoms with Gasteiger partial charge in [0.1, 0.15) is 11.6 Å². The van der Waals surface area contributed by atoms with Crippen LogP contribution in [-0.4, -0.2) is 49.1 Å². The second-order valence-corrected chi connectivity index (χ2v) is 4.55. The lowest BCUT2D eigenvalue weighted by molar-refractivity contribution is 0.0269. The van der Waals surface area contributed by atoms with E-state index in [1.807, 2.05) is 0 Å². The molecule has 1 N–H and O–H groups in total. The van der Waals surface area contributed by atoms with Crippen LogP contribution in [0.25, 0.3) is 0 Å². The van der Waals surface area contributed by atoms with Gasteiger partial charge in [0.05, 0.1) is 17.9 Å². The average molecular weight is 267 g/mol. The maximum absolute atomic E-state index is 13.3. The number of anilines is 1. The number of piperidine rings is 1. The topological polar surface area (TPSA) is 54.5 Å². The average Bonchev–Trinajstić information content (AvgIpc) is 2.46. The van der Waals surface area contributed by atoms with Gasteiger partial charge in [0.25, 0.3) is 5.91 Å². The monoisotopic (exact) mass is 267 g/mol. The second-order valence-electron chi connectivity index (χ2n) is 4.55. The highest BCUT2D eigenvalue weighted by Gasteiger charge is 2.26. The molecule has 0 radical (unpaired) electrons. The molecule has 0 bridgehead atoms. The zero-order valence-electron chi connectivity index (χ0n) is 11.1. The molecule has 1 aliphatic heterocycles. The number of methoxy groups -OCH3 is 1. The third kappa shape index (κ3) is 3.01. The third-order valence-electron chi connectivity index (χ3n) is 3.32. The molecule has 2 heterocycles. The SMILES string of the molecule is CNc1ncc(F)cc1C(=O)N1CCCC(OC)C1. The summed E-state index contributed by atoms with van der Waals surface area (Å²) >= 11 is 0. The van der Waals surface area contributed by atoms with E-state index in [1.54, 1.807) is 19.1 Å². The van der Waals surface area contributed by atoms with Gasteiger partial charge in [0, 0.05) is 27.2 Å². The molecule has 0 aromatic carbocycles. The van der Waals surface area contributed by atoms with E-state index in [1.165, 1.54) is 6.07 Å². The van der Waals surface area contributed by atoms with E-state index in [0.717, 1.165) is 19.0 Å². The number of likely N-dealkylation sites (tertiary alicyclic amines) is 1. The highest BCUT2D eigenvalue weighted by molar-refractivity contribution is 5.98. The Morgan fingerprint density at radius 1 is 1.63 bits per heavy atom. The van der Waals surface area contributed by atoms with E-state index < -0.39 is 5.82 Å². The van der Waals surface area contributed by atoms with Gasteiger partial charge in [-0.1, -0.05) is 0 Å².